The van der Waals surface area contributed by atoms with E-state index in [0.717, 1.165) is 75.0 Å². The van der Waals surface area contributed by atoms with E-state index in [1.165, 1.54) is 33.5 Å². The highest BCUT2D eigenvalue weighted by atomic mass is 32.1. The second-order valence-corrected chi connectivity index (χ2v) is 10.3. The van der Waals surface area contributed by atoms with Gasteiger partial charge >= 0.3 is 0 Å². The number of rotatable bonds is 5. The first-order valence-corrected chi connectivity index (χ1v) is 12.9. The average Bonchev–Trinajstić information content (AvgIpc) is 3.19. The normalized spacial score (nSPS) is 18.8. The first kappa shape index (κ1) is 21.4. The molecule has 2 aromatic heterocycles. The summed E-state index contributed by atoms with van der Waals surface area (Å²) in [6.07, 6.45) is 6.75. The molecule has 0 unspecified atom stereocenters. The predicted molar refractivity (Wildman–Crippen MR) is 132 cm³/mol. The molecule has 0 saturated carbocycles. The molecule has 1 amide bonds. The third-order valence-electron chi connectivity index (χ3n) is 6.82. The Bertz CT molecular complexity index is 1100. The van der Waals surface area contributed by atoms with Gasteiger partial charge in [0.2, 0.25) is 0 Å². The lowest BCUT2D eigenvalue weighted by atomic mass is 9.89. The molecule has 5 rings (SSSR count). The van der Waals surface area contributed by atoms with Crippen LogP contribution in [-0.4, -0.2) is 47.0 Å². The summed E-state index contributed by atoms with van der Waals surface area (Å²) in [4.78, 5) is 30.1. The zero-order valence-corrected chi connectivity index (χ0v) is 20.0. The molecular formula is C26H32N4OS. The molecule has 6 heteroatoms. The monoisotopic (exact) mass is 448 g/mol. The number of thiophene rings is 1. The van der Waals surface area contributed by atoms with Crippen LogP contribution < -0.4 is 4.90 Å². The maximum absolute atomic E-state index is 12.9. The van der Waals surface area contributed by atoms with Crippen LogP contribution in [0.1, 0.15) is 59.7 Å². The van der Waals surface area contributed by atoms with Crippen LogP contribution in [0.4, 0.5) is 5.82 Å². The standard InChI is InChI=1S/C26H32N4OS/c1-3-4-10-22-27-24(23-20-12-11-18(2)17-21(20)32-25(23)28-22)29-13-15-30(16-14-29)26(31)19-8-6-5-7-9-19/h5-9,18H,3-4,10-17H2,1-2H3/t18-/m1/s1. The molecule has 0 bridgehead atoms. The lowest BCUT2D eigenvalue weighted by molar-refractivity contribution is 0.0746. The van der Waals surface area contributed by atoms with E-state index in [-0.39, 0.29) is 5.91 Å². The molecule has 1 aromatic carbocycles. The average molecular weight is 449 g/mol. The first-order chi connectivity index (χ1) is 15.6. The molecular weight excluding hydrogens is 416 g/mol. The van der Waals surface area contributed by atoms with Crippen LogP contribution in [0, 0.1) is 5.92 Å². The van der Waals surface area contributed by atoms with Crippen molar-refractivity contribution in [3.8, 4) is 0 Å². The van der Waals surface area contributed by atoms with Crippen molar-refractivity contribution in [2.75, 3.05) is 31.1 Å². The Hall–Kier alpha value is -2.47. The smallest absolute Gasteiger partial charge is 0.253 e. The SMILES string of the molecule is CCCCc1nc(N2CCN(C(=O)c3ccccc3)CC2)c2c3c(sc2n1)C[C@H](C)CC3. The zero-order valence-electron chi connectivity index (χ0n) is 19.1. The molecule has 1 fully saturated rings. The number of aromatic nitrogens is 2. The lowest BCUT2D eigenvalue weighted by Crippen LogP contribution is -2.49. The van der Waals surface area contributed by atoms with Gasteiger partial charge in [-0.15, -0.1) is 11.3 Å². The number of amides is 1. The largest absolute Gasteiger partial charge is 0.352 e. The highest BCUT2D eigenvalue weighted by Crippen LogP contribution is 2.41. The molecule has 0 spiro atoms. The van der Waals surface area contributed by atoms with Gasteiger partial charge in [0.05, 0.1) is 5.39 Å². The molecule has 3 heterocycles. The van der Waals surface area contributed by atoms with Crippen molar-refractivity contribution >= 4 is 33.3 Å². The lowest BCUT2D eigenvalue weighted by Gasteiger charge is -2.36. The molecule has 1 aliphatic heterocycles. The van der Waals surface area contributed by atoms with Gasteiger partial charge in [-0.1, -0.05) is 38.5 Å². The number of hydrogen-bond donors (Lipinski definition) is 0. The summed E-state index contributed by atoms with van der Waals surface area (Å²) in [6, 6.07) is 9.62. The topological polar surface area (TPSA) is 49.3 Å². The van der Waals surface area contributed by atoms with E-state index in [2.05, 4.69) is 18.7 Å². The third-order valence-corrected chi connectivity index (χ3v) is 7.97. The Balaban J connectivity index is 1.43. The minimum atomic E-state index is 0.128. The molecule has 1 aliphatic carbocycles. The van der Waals surface area contributed by atoms with E-state index in [0.29, 0.717) is 0 Å². The first-order valence-electron chi connectivity index (χ1n) is 12.0. The van der Waals surface area contributed by atoms with Crippen LogP contribution in [0.25, 0.3) is 10.2 Å². The van der Waals surface area contributed by atoms with E-state index < -0.39 is 0 Å². The number of anilines is 1. The van der Waals surface area contributed by atoms with E-state index in [1.54, 1.807) is 0 Å². The zero-order chi connectivity index (χ0) is 22.1. The van der Waals surface area contributed by atoms with Gasteiger partial charge in [0.15, 0.2) is 0 Å². The summed E-state index contributed by atoms with van der Waals surface area (Å²) in [6.45, 7) is 7.67. The molecule has 0 radical (unpaired) electrons. The van der Waals surface area contributed by atoms with Crippen molar-refractivity contribution in [3.05, 3.63) is 52.2 Å². The molecule has 5 nitrogen and oxygen atoms in total. The fourth-order valence-corrected chi connectivity index (χ4v) is 6.32. The van der Waals surface area contributed by atoms with Gasteiger partial charge in [0.1, 0.15) is 16.5 Å². The summed E-state index contributed by atoms with van der Waals surface area (Å²) >= 11 is 1.89. The quantitative estimate of drug-likeness (QED) is 0.543. The molecule has 32 heavy (non-hydrogen) atoms. The Morgan fingerprint density at radius 2 is 1.91 bits per heavy atom. The van der Waals surface area contributed by atoms with Crippen molar-refractivity contribution in [3.63, 3.8) is 0 Å². The van der Waals surface area contributed by atoms with E-state index in [1.807, 2.05) is 46.6 Å². The van der Waals surface area contributed by atoms with E-state index in [9.17, 15) is 4.79 Å². The third kappa shape index (κ3) is 4.13. The number of aryl methyl sites for hydroxylation is 2. The van der Waals surface area contributed by atoms with Crippen LogP contribution in [0.2, 0.25) is 0 Å². The molecule has 1 atom stereocenters. The van der Waals surface area contributed by atoms with Crippen LogP contribution >= 0.6 is 11.3 Å². The van der Waals surface area contributed by atoms with Crippen LogP contribution in [0.3, 0.4) is 0 Å². The van der Waals surface area contributed by atoms with Crippen molar-refractivity contribution in [1.82, 2.24) is 14.9 Å². The maximum atomic E-state index is 12.9. The van der Waals surface area contributed by atoms with Crippen molar-refractivity contribution in [2.45, 2.75) is 52.4 Å². The van der Waals surface area contributed by atoms with Crippen molar-refractivity contribution < 1.29 is 4.79 Å². The Labute approximate surface area is 194 Å². The van der Waals surface area contributed by atoms with E-state index >= 15 is 0 Å². The second kappa shape index (κ2) is 9.18. The fourth-order valence-electron chi connectivity index (χ4n) is 4.93. The maximum Gasteiger partial charge on any atom is 0.253 e. The number of carbonyl (C=O) groups is 1. The number of unbranched alkanes of at least 4 members (excludes halogenated alkanes) is 1. The Kier molecular flexibility index (Phi) is 6.13. The molecule has 168 valence electrons. The van der Waals surface area contributed by atoms with Crippen LogP contribution in [-0.2, 0) is 19.3 Å². The molecule has 0 N–H and O–H groups in total. The summed E-state index contributed by atoms with van der Waals surface area (Å²) in [5.74, 6) is 2.96. The number of piperazine rings is 1. The van der Waals surface area contributed by atoms with Gasteiger partial charge in [-0.2, -0.15) is 0 Å². The minimum Gasteiger partial charge on any atom is -0.352 e. The summed E-state index contributed by atoms with van der Waals surface area (Å²) in [5, 5.41) is 1.29. The van der Waals surface area contributed by atoms with Crippen molar-refractivity contribution in [1.29, 1.82) is 0 Å². The van der Waals surface area contributed by atoms with Crippen molar-refractivity contribution in [2.24, 2.45) is 5.92 Å². The number of hydrogen-bond acceptors (Lipinski definition) is 5. The molecule has 3 aromatic rings. The summed E-state index contributed by atoms with van der Waals surface area (Å²) < 4.78 is 0. The van der Waals surface area contributed by atoms with E-state index in [4.69, 9.17) is 9.97 Å². The molecule has 1 saturated heterocycles. The van der Waals surface area contributed by atoms with Gasteiger partial charge < -0.3 is 9.80 Å². The predicted octanol–water partition coefficient (Wildman–Crippen LogP) is 5.12. The molecule has 2 aliphatic rings. The van der Waals surface area contributed by atoms with Gasteiger partial charge in [-0.05, 0) is 49.3 Å². The van der Waals surface area contributed by atoms with Crippen LogP contribution in [0.5, 0.6) is 0 Å². The fraction of sp³-hybridized carbons (Fsp3) is 0.500. The van der Waals surface area contributed by atoms with Crippen LogP contribution in [0.15, 0.2) is 30.3 Å². The van der Waals surface area contributed by atoms with Gasteiger partial charge in [-0.25, -0.2) is 9.97 Å². The second-order valence-electron chi connectivity index (χ2n) is 9.24. The number of carbonyl (C=O) groups excluding carboxylic acids is 1. The number of benzene rings is 1. The summed E-state index contributed by atoms with van der Waals surface area (Å²) in [7, 11) is 0. The highest BCUT2D eigenvalue weighted by molar-refractivity contribution is 7.19. The summed E-state index contributed by atoms with van der Waals surface area (Å²) in [5.41, 5.74) is 2.26. The van der Waals surface area contributed by atoms with Gasteiger partial charge in [0.25, 0.3) is 5.91 Å². The Morgan fingerprint density at radius 1 is 1.12 bits per heavy atom. The van der Waals surface area contributed by atoms with Gasteiger partial charge in [-0.3, -0.25) is 4.79 Å². The minimum absolute atomic E-state index is 0.128. The Morgan fingerprint density at radius 3 is 2.66 bits per heavy atom. The number of fused-ring (bicyclic) bond motifs is 3. The van der Waals surface area contributed by atoms with Gasteiger partial charge in [0, 0.05) is 43.0 Å². The highest BCUT2D eigenvalue weighted by Gasteiger charge is 2.28. The number of nitrogens with zero attached hydrogens (tertiary/aromatic N) is 4.